The lowest BCUT2D eigenvalue weighted by Gasteiger charge is -2.41. The lowest BCUT2D eigenvalue weighted by atomic mass is 9.80. The maximum absolute atomic E-state index is 13.8. The molecule has 0 unspecified atom stereocenters. The predicted molar refractivity (Wildman–Crippen MR) is 201 cm³/mol. The Morgan fingerprint density at radius 3 is 1.12 bits per heavy atom. The van der Waals surface area contributed by atoms with Crippen molar-refractivity contribution in [3.63, 3.8) is 0 Å². The standard InChI is InChI=1S/C40H62N6O2/c1-29-7-19-37(20-8-29)45(39(47)41-33-15-23-35(24-16-33)43(3)4)27-31-11-13-32(14-12-31)28-46(38-21-9-30(2)10-22-38)40(48)42-34-17-25-36(26-18-34)44(5)6/h15-18,23-26,29-32,37-38H,7-14,19-22,27-28H2,1-6H3,(H,41,47)(H,42,48). The molecule has 5 rings (SSSR count). The molecule has 2 aromatic carbocycles. The Balaban J connectivity index is 1.20. The number of nitrogens with zero attached hydrogens (tertiary/aromatic N) is 4. The van der Waals surface area contributed by atoms with Gasteiger partial charge in [0.15, 0.2) is 0 Å². The first-order valence-corrected chi connectivity index (χ1v) is 18.8. The molecule has 0 saturated heterocycles. The van der Waals surface area contributed by atoms with Gasteiger partial charge < -0.3 is 30.2 Å². The fourth-order valence-corrected chi connectivity index (χ4v) is 8.13. The largest absolute Gasteiger partial charge is 0.378 e. The summed E-state index contributed by atoms with van der Waals surface area (Å²) in [6.07, 6.45) is 13.6. The van der Waals surface area contributed by atoms with Gasteiger partial charge in [0, 0.05) is 76.1 Å². The Morgan fingerprint density at radius 2 is 0.833 bits per heavy atom. The van der Waals surface area contributed by atoms with Gasteiger partial charge in [0.1, 0.15) is 0 Å². The van der Waals surface area contributed by atoms with Crippen molar-refractivity contribution in [1.82, 2.24) is 9.80 Å². The molecule has 4 amide bonds. The molecule has 8 nitrogen and oxygen atoms in total. The molecule has 0 spiro atoms. The van der Waals surface area contributed by atoms with Crippen LogP contribution >= 0.6 is 0 Å². The third-order valence-electron chi connectivity index (χ3n) is 11.5. The maximum atomic E-state index is 13.8. The summed E-state index contributed by atoms with van der Waals surface area (Å²) in [7, 11) is 8.12. The van der Waals surface area contributed by atoms with Gasteiger partial charge in [0.05, 0.1) is 0 Å². The molecular formula is C40H62N6O2. The number of rotatable bonds is 10. The summed E-state index contributed by atoms with van der Waals surface area (Å²) in [5.74, 6) is 2.47. The zero-order valence-electron chi connectivity index (χ0n) is 30.6. The molecule has 48 heavy (non-hydrogen) atoms. The SMILES string of the molecule is CC1CCC(N(CC2CCC(CN(C(=O)Nc3ccc(N(C)C)cc3)C3CCC(C)CC3)CC2)C(=O)Nc2ccc(N(C)C)cc2)CC1. The van der Waals surface area contributed by atoms with Crippen LogP contribution in [0.2, 0.25) is 0 Å². The molecule has 0 aromatic heterocycles. The highest BCUT2D eigenvalue weighted by Gasteiger charge is 2.34. The van der Waals surface area contributed by atoms with Gasteiger partial charge in [-0.15, -0.1) is 0 Å². The number of hydrogen-bond donors (Lipinski definition) is 2. The molecule has 3 aliphatic carbocycles. The van der Waals surface area contributed by atoms with Gasteiger partial charge in [0.25, 0.3) is 0 Å². The zero-order chi connectivity index (χ0) is 34.2. The molecule has 2 aromatic rings. The van der Waals surface area contributed by atoms with E-state index in [0.29, 0.717) is 23.9 Å². The highest BCUT2D eigenvalue weighted by Crippen LogP contribution is 2.35. The molecule has 3 aliphatic rings. The summed E-state index contributed by atoms with van der Waals surface area (Å²) in [4.78, 5) is 36.2. The molecule has 0 radical (unpaired) electrons. The number of carbonyl (C=O) groups is 2. The maximum Gasteiger partial charge on any atom is 0.322 e. The van der Waals surface area contributed by atoms with E-state index in [-0.39, 0.29) is 12.1 Å². The van der Waals surface area contributed by atoms with Crippen LogP contribution in [0.1, 0.15) is 90.9 Å². The fraction of sp³-hybridized carbons (Fsp3) is 0.650. The lowest BCUT2D eigenvalue weighted by molar-refractivity contribution is 0.109. The molecule has 0 heterocycles. The topological polar surface area (TPSA) is 71.2 Å². The quantitative estimate of drug-likeness (QED) is 0.267. The summed E-state index contributed by atoms with van der Waals surface area (Å²) in [6.45, 7) is 6.32. The summed E-state index contributed by atoms with van der Waals surface area (Å²) < 4.78 is 0. The van der Waals surface area contributed by atoms with Crippen molar-refractivity contribution in [3.05, 3.63) is 48.5 Å². The minimum absolute atomic E-state index is 0.0438. The van der Waals surface area contributed by atoms with Crippen LogP contribution < -0.4 is 20.4 Å². The van der Waals surface area contributed by atoms with E-state index in [4.69, 9.17) is 0 Å². The van der Waals surface area contributed by atoms with Crippen molar-refractivity contribution in [2.75, 3.05) is 61.7 Å². The first-order chi connectivity index (χ1) is 23.0. The summed E-state index contributed by atoms with van der Waals surface area (Å²) in [5.41, 5.74) is 3.95. The Labute approximate surface area is 290 Å². The van der Waals surface area contributed by atoms with E-state index >= 15 is 0 Å². The van der Waals surface area contributed by atoms with Gasteiger partial charge in [-0.3, -0.25) is 0 Å². The normalized spacial score (nSPS) is 25.9. The van der Waals surface area contributed by atoms with Crippen molar-refractivity contribution in [2.45, 2.75) is 103 Å². The molecule has 0 aliphatic heterocycles. The smallest absolute Gasteiger partial charge is 0.322 e. The van der Waals surface area contributed by atoms with Crippen molar-refractivity contribution in [3.8, 4) is 0 Å². The van der Waals surface area contributed by atoms with Crippen LogP contribution in [-0.4, -0.2) is 75.2 Å². The van der Waals surface area contributed by atoms with Gasteiger partial charge in [-0.2, -0.15) is 0 Å². The van der Waals surface area contributed by atoms with E-state index in [1.807, 2.05) is 52.5 Å². The van der Waals surface area contributed by atoms with Gasteiger partial charge >= 0.3 is 12.1 Å². The van der Waals surface area contributed by atoms with E-state index < -0.39 is 0 Å². The van der Waals surface area contributed by atoms with Crippen molar-refractivity contribution in [2.24, 2.45) is 23.7 Å². The van der Waals surface area contributed by atoms with Crippen LogP contribution in [0.4, 0.5) is 32.3 Å². The first-order valence-electron chi connectivity index (χ1n) is 18.8. The van der Waals surface area contributed by atoms with Crippen LogP contribution in [0.3, 0.4) is 0 Å². The highest BCUT2D eigenvalue weighted by atomic mass is 16.2. The summed E-state index contributed by atoms with van der Waals surface area (Å²) >= 11 is 0. The third kappa shape index (κ3) is 9.82. The number of hydrogen-bond acceptors (Lipinski definition) is 4. The number of anilines is 4. The second kappa shape index (κ2) is 16.8. The van der Waals surface area contributed by atoms with E-state index in [1.165, 1.54) is 25.7 Å². The number of urea groups is 2. The molecule has 3 fully saturated rings. The average Bonchev–Trinajstić information content (AvgIpc) is 3.08. The van der Waals surface area contributed by atoms with Crippen LogP contribution in [0, 0.1) is 23.7 Å². The number of amides is 4. The first kappa shape index (κ1) is 35.9. The monoisotopic (exact) mass is 658 g/mol. The number of benzene rings is 2. The average molecular weight is 659 g/mol. The van der Waals surface area contributed by atoms with Crippen LogP contribution in [0.25, 0.3) is 0 Å². The van der Waals surface area contributed by atoms with E-state index in [1.54, 1.807) is 0 Å². The van der Waals surface area contributed by atoms with Crippen molar-refractivity contribution >= 4 is 34.8 Å². The molecule has 3 saturated carbocycles. The molecule has 0 atom stereocenters. The second-order valence-corrected chi connectivity index (χ2v) is 15.8. The van der Waals surface area contributed by atoms with Crippen molar-refractivity contribution in [1.29, 1.82) is 0 Å². The Kier molecular flexibility index (Phi) is 12.6. The number of nitrogens with one attached hydrogen (secondary N) is 2. The van der Waals surface area contributed by atoms with Gasteiger partial charge in [0.2, 0.25) is 0 Å². The lowest BCUT2D eigenvalue weighted by Crippen LogP contribution is -2.48. The number of carbonyl (C=O) groups excluding carboxylic acids is 2. The van der Waals surface area contributed by atoms with E-state index in [9.17, 15) is 9.59 Å². The molecule has 264 valence electrons. The highest BCUT2D eigenvalue weighted by molar-refractivity contribution is 5.90. The molecule has 2 N–H and O–H groups in total. The van der Waals surface area contributed by atoms with Crippen LogP contribution in [0.5, 0.6) is 0 Å². The minimum atomic E-state index is 0.0438. The van der Waals surface area contributed by atoms with Crippen LogP contribution in [0.15, 0.2) is 48.5 Å². The molecule has 8 heteroatoms. The third-order valence-corrected chi connectivity index (χ3v) is 11.5. The van der Waals surface area contributed by atoms with E-state index in [0.717, 1.165) is 99.0 Å². The summed E-state index contributed by atoms with van der Waals surface area (Å²) in [6, 6.07) is 17.0. The van der Waals surface area contributed by atoms with Gasteiger partial charge in [-0.25, -0.2) is 9.59 Å². The molecule has 0 bridgehead atoms. The minimum Gasteiger partial charge on any atom is -0.378 e. The second-order valence-electron chi connectivity index (χ2n) is 15.8. The molecular weight excluding hydrogens is 596 g/mol. The Hall–Kier alpha value is -3.42. The van der Waals surface area contributed by atoms with Gasteiger partial charge in [-0.05, 0) is 149 Å². The summed E-state index contributed by atoms with van der Waals surface area (Å²) in [5, 5.41) is 6.47. The predicted octanol–water partition coefficient (Wildman–Crippen LogP) is 9.15. The van der Waals surface area contributed by atoms with Crippen LogP contribution in [-0.2, 0) is 0 Å². The van der Waals surface area contributed by atoms with Crippen molar-refractivity contribution < 1.29 is 9.59 Å². The Morgan fingerprint density at radius 1 is 0.521 bits per heavy atom. The van der Waals surface area contributed by atoms with Gasteiger partial charge in [-0.1, -0.05) is 13.8 Å². The Bertz CT molecular complexity index is 1190. The fourth-order valence-electron chi connectivity index (χ4n) is 8.13. The van der Waals surface area contributed by atoms with E-state index in [2.05, 4.69) is 68.3 Å². The zero-order valence-corrected chi connectivity index (χ0v) is 30.6.